The number of rotatable bonds is 3. The molecule has 1 aromatic heterocycles. The summed E-state index contributed by atoms with van der Waals surface area (Å²) in [5, 5.41) is 2.59. The Bertz CT molecular complexity index is 305. The summed E-state index contributed by atoms with van der Waals surface area (Å²) in [6.45, 7) is 5.95. The fourth-order valence-electron chi connectivity index (χ4n) is 1.25. The molecule has 1 rings (SSSR count). The molecule has 0 aromatic carbocycles. The van der Waals surface area contributed by atoms with Crippen molar-refractivity contribution in [3.63, 3.8) is 0 Å². The second-order valence-corrected chi connectivity index (χ2v) is 3.08. The Balaban J connectivity index is 0.000000921. The number of nitrogens with one attached hydrogen (secondary N) is 1. The number of carbonyl (C=O) groups excluding carboxylic acids is 1. The molecule has 0 atom stereocenters. The van der Waals surface area contributed by atoms with E-state index >= 15 is 0 Å². The van der Waals surface area contributed by atoms with E-state index in [9.17, 15) is 4.79 Å². The minimum Gasteiger partial charge on any atom is -0.359 e. The topological polar surface area (TPSA) is 46.9 Å². The van der Waals surface area contributed by atoms with Crippen LogP contribution in [0, 0.1) is 6.92 Å². The van der Waals surface area contributed by atoms with Gasteiger partial charge in [0.2, 0.25) is 5.91 Å². The normalized spacial score (nSPS) is 9.13. The number of hydrogen-bond acceptors (Lipinski definition) is 2. The zero-order valence-corrected chi connectivity index (χ0v) is 10.3. The molecule has 4 nitrogen and oxygen atoms in total. The van der Waals surface area contributed by atoms with E-state index in [1.54, 1.807) is 7.05 Å². The maximum Gasteiger partial charge on any atom is 0.220 e. The van der Waals surface area contributed by atoms with E-state index in [4.69, 9.17) is 0 Å². The minimum atomic E-state index is 0.0562. The number of imidazole rings is 1. The van der Waals surface area contributed by atoms with Crippen molar-refractivity contribution in [1.29, 1.82) is 0 Å². The Hall–Kier alpha value is -1.32. The van der Waals surface area contributed by atoms with Gasteiger partial charge in [0.25, 0.3) is 0 Å². The third-order valence-electron chi connectivity index (χ3n) is 1.95. The van der Waals surface area contributed by atoms with Crippen molar-refractivity contribution in [2.75, 3.05) is 7.05 Å². The van der Waals surface area contributed by atoms with Crippen molar-refractivity contribution in [3.8, 4) is 0 Å². The molecule has 0 saturated heterocycles. The average Bonchev–Trinajstić information content (AvgIpc) is 2.57. The summed E-state index contributed by atoms with van der Waals surface area (Å²) >= 11 is 0. The first-order chi connectivity index (χ1) is 7.13. The SMILES string of the molecule is CC.CNC(=O)CCc1nc(C)cn1C. The first kappa shape index (κ1) is 13.7. The Kier molecular flexibility index (Phi) is 6.42. The molecule has 0 unspecified atom stereocenters. The summed E-state index contributed by atoms with van der Waals surface area (Å²) < 4.78 is 1.96. The van der Waals surface area contributed by atoms with Crippen molar-refractivity contribution in [2.24, 2.45) is 7.05 Å². The van der Waals surface area contributed by atoms with E-state index in [1.165, 1.54) is 0 Å². The predicted molar refractivity (Wildman–Crippen MR) is 61.7 cm³/mol. The molecule has 1 N–H and O–H groups in total. The lowest BCUT2D eigenvalue weighted by Gasteiger charge is -2.00. The largest absolute Gasteiger partial charge is 0.359 e. The summed E-state index contributed by atoms with van der Waals surface area (Å²) in [6.07, 6.45) is 3.16. The summed E-state index contributed by atoms with van der Waals surface area (Å²) in [5.74, 6) is 1.02. The second kappa shape index (κ2) is 7.04. The third kappa shape index (κ3) is 4.63. The zero-order valence-electron chi connectivity index (χ0n) is 10.3. The summed E-state index contributed by atoms with van der Waals surface area (Å²) in [4.78, 5) is 15.3. The van der Waals surface area contributed by atoms with E-state index < -0.39 is 0 Å². The van der Waals surface area contributed by atoms with Gasteiger partial charge in [-0.2, -0.15) is 0 Å². The molecule has 0 aliphatic carbocycles. The van der Waals surface area contributed by atoms with E-state index in [0.717, 1.165) is 11.5 Å². The molecule has 15 heavy (non-hydrogen) atoms. The molecule has 4 heteroatoms. The van der Waals surface area contributed by atoms with Gasteiger partial charge in [-0.25, -0.2) is 4.98 Å². The molecular formula is C11H21N3O. The second-order valence-electron chi connectivity index (χ2n) is 3.08. The van der Waals surface area contributed by atoms with Gasteiger partial charge in [0.15, 0.2) is 0 Å². The number of nitrogens with zero attached hydrogens (tertiary/aromatic N) is 2. The van der Waals surface area contributed by atoms with Gasteiger partial charge in [-0.15, -0.1) is 0 Å². The first-order valence-corrected chi connectivity index (χ1v) is 5.33. The lowest BCUT2D eigenvalue weighted by molar-refractivity contribution is -0.120. The van der Waals surface area contributed by atoms with Crippen molar-refractivity contribution in [1.82, 2.24) is 14.9 Å². The molecule has 0 spiro atoms. The van der Waals surface area contributed by atoms with Crippen LogP contribution >= 0.6 is 0 Å². The Morgan fingerprint density at radius 1 is 1.53 bits per heavy atom. The van der Waals surface area contributed by atoms with Crippen molar-refractivity contribution in [2.45, 2.75) is 33.6 Å². The number of aromatic nitrogens is 2. The molecule has 1 aromatic rings. The highest BCUT2D eigenvalue weighted by atomic mass is 16.1. The first-order valence-electron chi connectivity index (χ1n) is 5.33. The van der Waals surface area contributed by atoms with Gasteiger partial charge in [-0.3, -0.25) is 4.79 Å². The molecule has 0 radical (unpaired) electrons. The highest BCUT2D eigenvalue weighted by Crippen LogP contribution is 2.02. The van der Waals surface area contributed by atoms with Crippen LogP contribution in [0.1, 0.15) is 31.8 Å². The fraction of sp³-hybridized carbons (Fsp3) is 0.636. The van der Waals surface area contributed by atoms with E-state index in [2.05, 4.69) is 10.3 Å². The van der Waals surface area contributed by atoms with Crippen molar-refractivity contribution >= 4 is 5.91 Å². The molecule has 86 valence electrons. The van der Waals surface area contributed by atoms with Crippen LogP contribution in [0.15, 0.2) is 6.20 Å². The van der Waals surface area contributed by atoms with Gasteiger partial charge in [0.05, 0.1) is 5.69 Å². The maximum atomic E-state index is 11.0. The van der Waals surface area contributed by atoms with Gasteiger partial charge in [-0.05, 0) is 6.92 Å². The van der Waals surface area contributed by atoms with Crippen molar-refractivity contribution < 1.29 is 4.79 Å². The van der Waals surface area contributed by atoms with E-state index in [1.807, 2.05) is 38.6 Å². The summed E-state index contributed by atoms with van der Waals surface area (Å²) in [5.41, 5.74) is 0.995. The molecule has 0 aliphatic rings. The molecule has 1 amide bonds. The third-order valence-corrected chi connectivity index (χ3v) is 1.95. The van der Waals surface area contributed by atoms with Gasteiger partial charge < -0.3 is 9.88 Å². The van der Waals surface area contributed by atoms with Gasteiger partial charge in [-0.1, -0.05) is 13.8 Å². The van der Waals surface area contributed by atoms with Gasteiger partial charge in [0, 0.05) is 33.1 Å². The fourth-order valence-corrected chi connectivity index (χ4v) is 1.25. The standard InChI is InChI=1S/C9H15N3O.C2H6/c1-7-6-12(3)8(11-7)4-5-9(13)10-2;1-2/h6H,4-5H2,1-3H3,(H,10,13);1-2H3. The molecule has 0 saturated carbocycles. The molecule has 0 bridgehead atoms. The van der Waals surface area contributed by atoms with Crippen LogP contribution in [0.25, 0.3) is 0 Å². The monoisotopic (exact) mass is 211 g/mol. The smallest absolute Gasteiger partial charge is 0.220 e. The number of hydrogen-bond donors (Lipinski definition) is 1. The highest BCUT2D eigenvalue weighted by Gasteiger charge is 2.04. The molecule has 0 aliphatic heterocycles. The summed E-state index contributed by atoms with van der Waals surface area (Å²) in [6, 6.07) is 0. The van der Waals surface area contributed by atoms with Crippen LogP contribution in [0.4, 0.5) is 0 Å². The Labute approximate surface area is 91.7 Å². The molecule has 1 heterocycles. The molecule has 0 fully saturated rings. The van der Waals surface area contributed by atoms with Crippen LogP contribution in [0.3, 0.4) is 0 Å². The van der Waals surface area contributed by atoms with Crippen LogP contribution < -0.4 is 5.32 Å². The average molecular weight is 211 g/mol. The van der Waals surface area contributed by atoms with Crippen LogP contribution in [0.2, 0.25) is 0 Å². The summed E-state index contributed by atoms with van der Waals surface area (Å²) in [7, 11) is 3.59. The van der Waals surface area contributed by atoms with E-state index in [-0.39, 0.29) is 5.91 Å². The quantitative estimate of drug-likeness (QED) is 0.822. The maximum absolute atomic E-state index is 11.0. The van der Waals surface area contributed by atoms with Crippen LogP contribution in [-0.2, 0) is 18.3 Å². The van der Waals surface area contributed by atoms with E-state index in [0.29, 0.717) is 12.8 Å². The van der Waals surface area contributed by atoms with Gasteiger partial charge >= 0.3 is 0 Å². The van der Waals surface area contributed by atoms with Gasteiger partial charge in [0.1, 0.15) is 5.82 Å². The number of amides is 1. The number of aryl methyl sites for hydroxylation is 3. The zero-order chi connectivity index (χ0) is 11.8. The lowest BCUT2D eigenvalue weighted by Crippen LogP contribution is -2.18. The lowest BCUT2D eigenvalue weighted by atomic mass is 10.3. The molecular weight excluding hydrogens is 190 g/mol. The number of carbonyl (C=O) groups is 1. The van der Waals surface area contributed by atoms with Crippen LogP contribution in [-0.4, -0.2) is 22.5 Å². The minimum absolute atomic E-state index is 0.0562. The van der Waals surface area contributed by atoms with Crippen LogP contribution in [0.5, 0.6) is 0 Å². The van der Waals surface area contributed by atoms with Crippen molar-refractivity contribution in [3.05, 3.63) is 17.7 Å². The predicted octanol–water partition coefficient (Wildman–Crippen LogP) is 1.43. The highest BCUT2D eigenvalue weighted by molar-refractivity contribution is 5.75. The Morgan fingerprint density at radius 2 is 2.13 bits per heavy atom. The Morgan fingerprint density at radius 3 is 2.53 bits per heavy atom.